The second-order valence-electron chi connectivity index (χ2n) is 5.07. The van der Waals surface area contributed by atoms with E-state index in [0.717, 1.165) is 6.07 Å². The summed E-state index contributed by atoms with van der Waals surface area (Å²) < 4.78 is 34.0. The molecule has 0 aromatic heterocycles. The first-order chi connectivity index (χ1) is 12.3. The van der Waals surface area contributed by atoms with Crippen molar-refractivity contribution in [2.24, 2.45) is 0 Å². The van der Waals surface area contributed by atoms with E-state index >= 15 is 0 Å². The van der Waals surface area contributed by atoms with Crippen molar-refractivity contribution in [1.82, 2.24) is 0 Å². The summed E-state index contributed by atoms with van der Waals surface area (Å²) >= 11 is 5.68. The number of benzene rings is 2. The summed E-state index contributed by atoms with van der Waals surface area (Å²) in [5, 5.41) is 12.3. The van der Waals surface area contributed by atoms with E-state index in [1.807, 2.05) is 0 Å². The van der Waals surface area contributed by atoms with Gasteiger partial charge in [-0.05, 0) is 37.3 Å². The highest BCUT2D eigenvalue weighted by molar-refractivity contribution is 6.30. The Kier molecular flexibility index (Phi) is 6.35. The number of alkyl halides is 2. The number of para-hydroxylation sites is 2. The summed E-state index contributed by atoms with van der Waals surface area (Å²) in [6.45, 7) is -1.77. The highest BCUT2D eigenvalue weighted by Gasteiger charge is 2.22. The van der Waals surface area contributed by atoms with Crippen molar-refractivity contribution in [2.75, 3.05) is 5.32 Å². The predicted octanol–water partition coefficient (Wildman–Crippen LogP) is 3.83. The van der Waals surface area contributed by atoms with Crippen LogP contribution in [-0.4, -0.2) is 29.7 Å². The van der Waals surface area contributed by atoms with Gasteiger partial charge in [0.2, 0.25) is 0 Å². The molecule has 0 aliphatic heterocycles. The number of amides is 1. The SMILES string of the molecule is C[C@@H](OC(=O)c1ccc(Cl)cc1O)C(=O)Nc1ccccc1OC(F)F. The van der Waals surface area contributed by atoms with Gasteiger partial charge in [-0.2, -0.15) is 8.78 Å². The van der Waals surface area contributed by atoms with Gasteiger partial charge < -0.3 is 19.9 Å². The number of rotatable bonds is 6. The number of nitrogens with one attached hydrogen (secondary N) is 1. The first kappa shape index (κ1) is 19.5. The molecule has 0 heterocycles. The van der Waals surface area contributed by atoms with Crippen LogP contribution < -0.4 is 10.1 Å². The Balaban J connectivity index is 2.05. The van der Waals surface area contributed by atoms with Crippen LogP contribution in [0.5, 0.6) is 11.5 Å². The van der Waals surface area contributed by atoms with E-state index in [2.05, 4.69) is 10.1 Å². The maximum absolute atomic E-state index is 12.4. The molecule has 2 N–H and O–H groups in total. The van der Waals surface area contributed by atoms with Crippen molar-refractivity contribution < 1.29 is 33.0 Å². The van der Waals surface area contributed by atoms with Gasteiger partial charge in [-0.1, -0.05) is 23.7 Å². The Morgan fingerprint density at radius 1 is 1.19 bits per heavy atom. The molecule has 0 aliphatic carbocycles. The number of ether oxygens (including phenoxy) is 2. The summed E-state index contributed by atoms with van der Waals surface area (Å²) in [6, 6.07) is 9.35. The fraction of sp³-hybridized carbons (Fsp3) is 0.176. The summed E-state index contributed by atoms with van der Waals surface area (Å²) in [6.07, 6.45) is -1.27. The van der Waals surface area contributed by atoms with Gasteiger partial charge in [0.15, 0.2) is 6.10 Å². The number of halogens is 3. The molecule has 0 unspecified atom stereocenters. The number of hydrogen-bond donors (Lipinski definition) is 2. The molecule has 0 bridgehead atoms. The Morgan fingerprint density at radius 2 is 1.88 bits per heavy atom. The maximum atomic E-state index is 12.4. The Hall–Kier alpha value is -2.87. The minimum absolute atomic E-state index is 0.00459. The van der Waals surface area contributed by atoms with Gasteiger partial charge in [0, 0.05) is 5.02 Å². The minimum Gasteiger partial charge on any atom is -0.507 e. The van der Waals surface area contributed by atoms with Crippen LogP contribution in [0.1, 0.15) is 17.3 Å². The molecule has 2 aromatic rings. The fourth-order valence-corrected chi connectivity index (χ4v) is 2.12. The second kappa shape index (κ2) is 8.48. The average Bonchev–Trinajstić information content (AvgIpc) is 2.55. The number of phenolic OH excluding ortho intramolecular Hbond substituents is 1. The highest BCUT2D eigenvalue weighted by Crippen LogP contribution is 2.26. The van der Waals surface area contributed by atoms with E-state index in [1.165, 1.54) is 43.3 Å². The molecule has 1 atom stereocenters. The van der Waals surface area contributed by atoms with Gasteiger partial charge in [0.1, 0.15) is 17.1 Å². The lowest BCUT2D eigenvalue weighted by molar-refractivity contribution is -0.123. The maximum Gasteiger partial charge on any atom is 0.387 e. The lowest BCUT2D eigenvalue weighted by atomic mass is 10.2. The first-order valence-electron chi connectivity index (χ1n) is 7.32. The van der Waals surface area contributed by atoms with Crippen molar-refractivity contribution >= 4 is 29.2 Å². The Bertz CT molecular complexity index is 815. The third-order valence-corrected chi connectivity index (χ3v) is 3.43. The molecule has 6 nitrogen and oxygen atoms in total. The van der Waals surface area contributed by atoms with E-state index in [1.54, 1.807) is 0 Å². The molecule has 0 radical (unpaired) electrons. The summed E-state index contributed by atoms with van der Waals surface area (Å²) in [5.74, 6) is -2.34. The van der Waals surface area contributed by atoms with Gasteiger partial charge in [0.05, 0.1) is 5.69 Å². The van der Waals surface area contributed by atoms with Crippen LogP contribution in [0, 0.1) is 0 Å². The fourth-order valence-electron chi connectivity index (χ4n) is 1.96. The molecular weight excluding hydrogens is 372 g/mol. The molecule has 0 spiro atoms. The molecule has 0 saturated heterocycles. The van der Waals surface area contributed by atoms with Crippen LogP contribution in [-0.2, 0) is 9.53 Å². The van der Waals surface area contributed by atoms with Crippen molar-refractivity contribution in [3.05, 3.63) is 53.1 Å². The van der Waals surface area contributed by atoms with Gasteiger partial charge >= 0.3 is 12.6 Å². The molecule has 9 heteroatoms. The summed E-state index contributed by atoms with van der Waals surface area (Å²) in [5.41, 5.74) is -0.175. The van der Waals surface area contributed by atoms with Crippen molar-refractivity contribution in [2.45, 2.75) is 19.6 Å². The number of anilines is 1. The van der Waals surface area contributed by atoms with Crippen molar-refractivity contribution in [1.29, 1.82) is 0 Å². The monoisotopic (exact) mass is 385 g/mol. The number of hydrogen-bond acceptors (Lipinski definition) is 5. The normalized spacial score (nSPS) is 11.7. The Labute approximate surface area is 152 Å². The van der Waals surface area contributed by atoms with Crippen LogP contribution in [0.2, 0.25) is 5.02 Å². The first-order valence-corrected chi connectivity index (χ1v) is 7.70. The van der Waals surface area contributed by atoms with E-state index < -0.39 is 30.3 Å². The number of carbonyl (C=O) groups excluding carboxylic acids is 2. The van der Waals surface area contributed by atoms with Crippen LogP contribution in [0.25, 0.3) is 0 Å². The third kappa shape index (κ3) is 5.06. The Morgan fingerprint density at radius 3 is 2.54 bits per heavy atom. The molecule has 138 valence electrons. The minimum atomic E-state index is -3.06. The second-order valence-corrected chi connectivity index (χ2v) is 5.51. The van der Waals surface area contributed by atoms with Gasteiger partial charge in [-0.3, -0.25) is 4.79 Å². The van der Waals surface area contributed by atoms with Crippen LogP contribution >= 0.6 is 11.6 Å². The van der Waals surface area contributed by atoms with E-state index in [-0.39, 0.29) is 22.0 Å². The predicted molar refractivity (Wildman–Crippen MR) is 89.7 cm³/mol. The van der Waals surface area contributed by atoms with Gasteiger partial charge in [-0.25, -0.2) is 4.79 Å². The zero-order valence-corrected chi connectivity index (χ0v) is 14.2. The molecule has 0 fully saturated rings. The lowest BCUT2D eigenvalue weighted by Gasteiger charge is -2.16. The largest absolute Gasteiger partial charge is 0.507 e. The van der Waals surface area contributed by atoms with Crippen molar-refractivity contribution in [3.63, 3.8) is 0 Å². The smallest absolute Gasteiger partial charge is 0.387 e. The molecule has 26 heavy (non-hydrogen) atoms. The molecule has 0 aliphatic rings. The lowest BCUT2D eigenvalue weighted by Crippen LogP contribution is -2.30. The zero-order valence-electron chi connectivity index (χ0n) is 13.4. The van der Waals surface area contributed by atoms with Crippen LogP contribution in [0.4, 0.5) is 14.5 Å². The molecule has 0 saturated carbocycles. The van der Waals surface area contributed by atoms with Gasteiger partial charge in [0.25, 0.3) is 5.91 Å². The zero-order chi connectivity index (χ0) is 19.3. The quantitative estimate of drug-likeness (QED) is 0.738. The molecule has 1 amide bonds. The number of phenols is 1. The summed E-state index contributed by atoms with van der Waals surface area (Å²) in [4.78, 5) is 24.2. The topological polar surface area (TPSA) is 84.9 Å². The van der Waals surface area contributed by atoms with Crippen LogP contribution in [0.3, 0.4) is 0 Å². The van der Waals surface area contributed by atoms with E-state index in [9.17, 15) is 23.5 Å². The molecule has 2 aromatic carbocycles. The van der Waals surface area contributed by atoms with Gasteiger partial charge in [-0.15, -0.1) is 0 Å². The van der Waals surface area contributed by atoms with E-state index in [4.69, 9.17) is 16.3 Å². The number of carbonyl (C=O) groups is 2. The molecular formula is C17H14ClF2NO5. The number of esters is 1. The van der Waals surface area contributed by atoms with Crippen LogP contribution in [0.15, 0.2) is 42.5 Å². The third-order valence-electron chi connectivity index (χ3n) is 3.19. The van der Waals surface area contributed by atoms with Crippen molar-refractivity contribution in [3.8, 4) is 11.5 Å². The number of aromatic hydroxyl groups is 1. The summed E-state index contributed by atoms with van der Waals surface area (Å²) in [7, 11) is 0. The highest BCUT2D eigenvalue weighted by atomic mass is 35.5. The average molecular weight is 386 g/mol. The molecule has 2 rings (SSSR count). The van der Waals surface area contributed by atoms with E-state index in [0.29, 0.717) is 0 Å². The standard InChI is InChI=1S/C17H14ClF2NO5/c1-9(25-16(24)11-7-6-10(18)8-13(11)22)15(23)21-12-4-2-3-5-14(12)26-17(19)20/h2-9,17,22H,1H3,(H,21,23)/t9-/m1/s1.